The van der Waals surface area contributed by atoms with E-state index in [1.54, 1.807) is 0 Å². The number of nitrogens with two attached hydrogens (primary N) is 2. The number of halogens is 3. The molecule has 0 spiro atoms. The van der Waals surface area contributed by atoms with Gasteiger partial charge < -0.3 is 16.8 Å². The van der Waals surface area contributed by atoms with Gasteiger partial charge in [0.15, 0.2) is 5.82 Å². The maximum Gasteiger partial charge on any atom is 0.252 e. The number of primary amides is 1. The van der Waals surface area contributed by atoms with E-state index in [4.69, 9.17) is 23.1 Å². The Kier molecular flexibility index (Phi) is 3.71. The van der Waals surface area contributed by atoms with Crippen LogP contribution in [0, 0.1) is 11.6 Å². The monoisotopic (exact) mass is 298 g/mol. The molecular weight excluding hydrogens is 290 g/mol. The summed E-state index contributed by atoms with van der Waals surface area (Å²) < 4.78 is 26.6. The van der Waals surface area contributed by atoms with Gasteiger partial charge in [-0.25, -0.2) is 13.8 Å². The first-order valence-corrected chi connectivity index (χ1v) is 5.73. The van der Waals surface area contributed by atoms with Crippen molar-refractivity contribution >= 4 is 34.7 Å². The summed E-state index contributed by atoms with van der Waals surface area (Å²) in [4.78, 5) is 15.1. The molecule has 0 radical (unpaired) electrons. The predicted octanol–water partition coefficient (Wildman–Crippen LogP) is 2.44. The Morgan fingerprint density at radius 1 is 1.30 bits per heavy atom. The van der Waals surface area contributed by atoms with Crippen LogP contribution in [0.25, 0.3) is 0 Å². The van der Waals surface area contributed by atoms with Crippen LogP contribution in [0.1, 0.15) is 10.4 Å². The molecule has 0 atom stereocenters. The van der Waals surface area contributed by atoms with Crippen molar-refractivity contribution < 1.29 is 13.6 Å². The smallest absolute Gasteiger partial charge is 0.252 e. The number of nitrogens with zero attached hydrogens (tertiary/aromatic N) is 1. The van der Waals surface area contributed by atoms with Gasteiger partial charge >= 0.3 is 0 Å². The SMILES string of the molecule is NC(=O)c1cc(N)cnc1Nc1c(F)cc(F)cc1Cl. The molecule has 2 aromatic rings. The summed E-state index contributed by atoms with van der Waals surface area (Å²) in [7, 11) is 0. The average molecular weight is 299 g/mol. The lowest BCUT2D eigenvalue weighted by atomic mass is 10.2. The van der Waals surface area contributed by atoms with Crippen molar-refractivity contribution in [2.45, 2.75) is 0 Å². The van der Waals surface area contributed by atoms with Gasteiger partial charge in [0, 0.05) is 6.07 Å². The van der Waals surface area contributed by atoms with Gasteiger partial charge in [0.1, 0.15) is 11.6 Å². The van der Waals surface area contributed by atoms with Crippen LogP contribution in [0.2, 0.25) is 5.02 Å². The van der Waals surface area contributed by atoms with E-state index in [2.05, 4.69) is 10.3 Å². The van der Waals surface area contributed by atoms with Crippen LogP contribution in [-0.4, -0.2) is 10.9 Å². The molecule has 0 aliphatic rings. The summed E-state index contributed by atoms with van der Waals surface area (Å²) in [5.41, 5.74) is 10.6. The number of benzene rings is 1. The first-order valence-electron chi connectivity index (χ1n) is 5.35. The summed E-state index contributed by atoms with van der Waals surface area (Å²) in [6, 6.07) is 2.86. The third-order valence-corrected chi connectivity index (χ3v) is 2.72. The van der Waals surface area contributed by atoms with Crippen LogP contribution < -0.4 is 16.8 Å². The predicted molar refractivity (Wildman–Crippen MR) is 71.8 cm³/mol. The molecule has 20 heavy (non-hydrogen) atoms. The fraction of sp³-hybridized carbons (Fsp3) is 0. The normalized spacial score (nSPS) is 10.3. The van der Waals surface area contributed by atoms with E-state index in [9.17, 15) is 13.6 Å². The second-order valence-corrected chi connectivity index (χ2v) is 4.31. The molecule has 1 aromatic carbocycles. The standard InChI is InChI=1S/C12H9ClF2N4O/c13-8-1-5(14)2-9(15)10(8)19-12-7(11(17)20)3-6(16)4-18-12/h1-4H,16H2,(H2,17,20)(H,18,19). The van der Waals surface area contributed by atoms with Crippen molar-refractivity contribution in [1.82, 2.24) is 4.98 Å². The summed E-state index contributed by atoms with van der Waals surface area (Å²) in [5, 5.41) is 2.31. The lowest BCUT2D eigenvalue weighted by Crippen LogP contribution is -2.15. The second kappa shape index (κ2) is 5.30. The Bertz CT molecular complexity index is 670. The van der Waals surface area contributed by atoms with Crippen molar-refractivity contribution in [2.75, 3.05) is 11.1 Å². The fourth-order valence-corrected chi connectivity index (χ4v) is 1.79. The van der Waals surface area contributed by atoms with Crippen LogP contribution in [-0.2, 0) is 0 Å². The quantitative estimate of drug-likeness (QED) is 0.811. The molecule has 0 aliphatic carbocycles. The maximum atomic E-state index is 13.7. The number of anilines is 3. The molecule has 0 saturated heterocycles. The highest BCUT2D eigenvalue weighted by atomic mass is 35.5. The van der Waals surface area contributed by atoms with Crippen LogP contribution in [0.4, 0.5) is 26.0 Å². The van der Waals surface area contributed by atoms with Gasteiger partial charge in [-0.15, -0.1) is 0 Å². The van der Waals surface area contributed by atoms with Gasteiger partial charge in [0.25, 0.3) is 5.91 Å². The number of hydrogen-bond donors (Lipinski definition) is 3. The highest BCUT2D eigenvalue weighted by molar-refractivity contribution is 6.33. The number of aromatic nitrogens is 1. The van der Waals surface area contributed by atoms with Crippen molar-refractivity contribution in [1.29, 1.82) is 0 Å². The van der Waals surface area contributed by atoms with Crippen molar-refractivity contribution in [2.24, 2.45) is 5.73 Å². The van der Waals surface area contributed by atoms with Crippen LogP contribution in [0.5, 0.6) is 0 Å². The molecule has 0 bridgehead atoms. The zero-order valence-electron chi connectivity index (χ0n) is 9.95. The molecule has 1 heterocycles. The largest absolute Gasteiger partial charge is 0.397 e. The summed E-state index contributed by atoms with van der Waals surface area (Å²) in [5.74, 6) is -2.58. The van der Waals surface area contributed by atoms with Crippen LogP contribution in [0.15, 0.2) is 24.4 Å². The number of carbonyl (C=O) groups is 1. The zero-order valence-corrected chi connectivity index (χ0v) is 10.7. The molecule has 104 valence electrons. The lowest BCUT2D eigenvalue weighted by Gasteiger charge is -2.12. The molecule has 0 unspecified atom stereocenters. The number of rotatable bonds is 3. The Hall–Kier alpha value is -2.41. The first-order chi connectivity index (χ1) is 9.38. The van der Waals surface area contributed by atoms with E-state index in [0.29, 0.717) is 6.07 Å². The minimum Gasteiger partial charge on any atom is -0.397 e. The molecular formula is C12H9ClF2N4O. The van der Waals surface area contributed by atoms with E-state index < -0.39 is 17.5 Å². The number of nitrogens with one attached hydrogen (secondary N) is 1. The van der Waals surface area contributed by atoms with Gasteiger partial charge in [-0.2, -0.15) is 0 Å². The molecule has 5 nitrogen and oxygen atoms in total. The summed E-state index contributed by atoms with van der Waals surface area (Å²) in [6.45, 7) is 0. The molecule has 5 N–H and O–H groups in total. The van der Waals surface area contributed by atoms with Crippen LogP contribution >= 0.6 is 11.6 Å². The number of carbonyl (C=O) groups excluding carboxylic acids is 1. The lowest BCUT2D eigenvalue weighted by molar-refractivity contribution is 0.100. The van der Waals surface area contributed by atoms with E-state index in [-0.39, 0.29) is 27.8 Å². The molecule has 0 fully saturated rings. The minimum atomic E-state index is -0.927. The van der Waals surface area contributed by atoms with E-state index in [0.717, 1.165) is 6.07 Å². The van der Waals surface area contributed by atoms with Crippen LogP contribution in [0.3, 0.4) is 0 Å². The van der Waals surface area contributed by atoms with Gasteiger partial charge in [-0.1, -0.05) is 11.6 Å². The van der Waals surface area contributed by atoms with E-state index in [1.807, 2.05) is 0 Å². The van der Waals surface area contributed by atoms with Gasteiger partial charge in [0.2, 0.25) is 0 Å². The van der Waals surface area contributed by atoms with Gasteiger partial charge in [0.05, 0.1) is 28.2 Å². The molecule has 0 aliphatic heterocycles. The summed E-state index contributed by atoms with van der Waals surface area (Å²) in [6.07, 6.45) is 1.25. The van der Waals surface area contributed by atoms with Crippen molar-refractivity contribution in [3.8, 4) is 0 Å². The molecule has 8 heteroatoms. The Morgan fingerprint density at radius 3 is 2.60 bits per heavy atom. The number of nitrogen functional groups attached to an aromatic ring is 1. The van der Waals surface area contributed by atoms with Crippen molar-refractivity contribution in [3.63, 3.8) is 0 Å². The molecule has 0 saturated carbocycles. The first kappa shape index (κ1) is 14.0. The Balaban J connectivity index is 2.48. The van der Waals surface area contributed by atoms with E-state index in [1.165, 1.54) is 12.3 Å². The third-order valence-electron chi connectivity index (χ3n) is 2.42. The number of pyridine rings is 1. The van der Waals surface area contributed by atoms with Gasteiger partial charge in [-0.05, 0) is 12.1 Å². The molecule has 2 rings (SSSR count). The Morgan fingerprint density at radius 2 is 2.00 bits per heavy atom. The van der Waals surface area contributed by atoms with Gasteiger partial charge in [-0.3, -0.25) is 4.79 Å². The molecule has 1 amide bonds. The number of hydrogen-bond acceptors (Lipinski definition) is 4. The second-order valence-electron chi connectivity index (χ2n) is 3.90. The van der Waals surface area contributed by atoms with Crippen molar-refractivity contribution in [3.05, 3.63) is 46.6 Å². The topological polar surface area (TPSA) is 94.0 Å². The Labute approximate surface area is 117 Å². The molecule has 1 aromatic heterocycles. The highest BCUT2D eigenvalue weighted by Gasteiger charge is 2.15. The zero-order chi connectivity index (χ0) is 14.9. The fourth-order valence-electron chi connectivity index (χ4n) is 1.55. The van der Waals surface area contributed by atoms with E-state index >= 15 is 0 Å². The maximum absolute atomic E-state index is 13.7. The number of amides is 1. The third kappa shape index (κ3) is 2.77. The average Bonchev–Trinajstić information content (AvgIpc) is 2.34. The summed E-state index contributed by atoms with van der Waals surface area (Å²) >= 11 is 5.74. The minimum absolute atomic E-state index is 0.0286. The highest BCUT2D eigenvalue weighted by Crippen LogP contribution is 2.30.